The van der Waals surface area contributed by atoms with Gasteiger partial charge in [-0.15, -0.1) is 0 Å². The number of rotatable bonds is 3. The number of carbonyl (C=O) groups is 2. The Morgan fingerprint density at radius 3 is 2.20 bits per heavy atom. The second kappa shape index (κ2) is 6.53. The van der Waals surface area contributed by atoms with Gasteiger partial charge in [0.2, 0.25) is 11.8 Å². The molecular formula is C16H18F3N3O3. The summed E-state index contributed by atoms with van der Waals surface area (Å²) in [4.78, 5) is 39.2. The Morgan fingerprint density at radius 1 is 1.04 bits per heavy atom. The van der Waals surface area contributed by atoms with Crippen molar-refractivity contribution in [1.82, 2.24) is 14.4 Å². The van der Waals surface area contributed by atoms with Crippen LogP contribution in [-0.2, 0) is 22.3 Å². The van der Waals surface area contributed by atoms with E-state index in [1.54, 1.807) is 4.90 Å². The molecule has 3 rings (SSSR count). The van der Waals surface area contributed by atoms with Crippen molar-refractivity contribution >= 4 is 11.8 Å². The van der Waals surface area contributed by atoms with Gasteiger partial charge in [0, 0.05) is 44.4 Å². The molecule has 0 atom stereocenters. The van der Waals surface area contributed by atoms with E-state index in [-0.39, 0.29) is 11.8 Å². The van der Waals surface area contributed by atoms with Gasteiger partial charge in [0.05, 0.1) is 5.56 Å². The number of hydrogen-bond donors (Lipinski definition) is 0. The summed E-state index contributed by atoms with van der Waals surface area (Å²) in [6.45, 7) is 1.03. The monoisotopic (exact) mass is 357 g/mol. The maximum absolute atomic E-state index is 12.7. The number of piperazine rings is 1. The first-order chi connectivity index (χ1) is 11.8. The number of nitrogens with zero attached hydrogens (tertiary/aromatic N) is 3. The zero-order chi connectivity index (χ0) is 18.2. The Kier molecular flexibility index (Phi) is 4.57. The lowest BCUT2D eigenvalue weighted by atomic mass is 10.2. The quantitative estimate of drug-likeness (QED) is 0.809. The summed E-state index contributed by atoms with van der Waals surface area (Å²) >= 11 is 0. The van der Waals surface area contributed by atoms with Gasteiger partial charge in [-0.2, -0.15) is 13.2 Å². The van der Waals surface area contributed by atoms with Gasteiger partial charge >= 0.3 is 6.18 Å². The van der Waals surface area contributed by atoms with E-state index in [1.807, 2.05) is 0 Å². The van der Waals surface area contributed by atoms with Crippen LogP contribution in [0.15, 0.2) is 23.1 Å². The van der Waals surface area contributed by atoms with Crippen LogP contribution in [0.4, 0.5) is 13.2 Å². The summed E-state index contributed by atoms with van der Waals surface area (Å²) in [6.07, 6.45) is -2.09. The van der Waals surface area contributed by atoms with Gasteiger partial charge in [-0.05, 0) is 18.9 Å². The first kappa shape index (κ1) is 17.5. The first-order valence-electron chi connectivity index (χ1n) is 8.10. The topological polar surface area (TPSA) is 62.6 Å². The molecule has 0 N–H and O–H groups in total. The lowest BCUT2D eigenvalue weighted by molar-refractivity contribution is -0.141. The van der Waals surface area contributed by atoms with Crippen molar-refractivity contribution in [3.8, 4) is 0 Å². The maximum Gasteiger partial charge on any atom is 0.417 e. The van der Waals surface area contributed by atoms with Gasteiger partial charge in [0.25, 0.3) is 5.56 Å². The molecule has 1 saturated carbocycles. The van der Waals surface area contributed by atoms with E-state index in [0.29, 0.717) is 38.4 Å². The van der Waals surface area contributed by atoms with Crippen LogP contribution in [-0.4, -0.2) is 52.4 Å². The van der Waals surface area contributed by atoms with Crippen molar-refractivity contribution in [1.29, 1.82) is 0 Å². The number of halogens is 3. The molecule has 2 heterocycles. The minimum atomic E-state index is -4.58. The normalized spacial score (nSPS) is 18.4. The van der Waals surface area contributed by atoms with Crippen LogP contribution in [0.1, 0.15) is 18.4 Å². The minimum absolute atomic E-state index is 0.112. The number of alkyl halides is 3. The zero-order valence-corrected chi connectivity index (χ0v) is 13.5. The van der Waals surface area contributed by atoms with E-state index >= 15 is 0 Å². The molecule has 1 aliphatic heterocycles. The molecule has 25 heavy (non-hydrogen) atoms. The lowest BCUT2D eigenvalue weighted by Crippen LogP contribution is -2.52. The Bertz CT molecular complexity index is 732. The predicted molar refractivity (Wildman–Crippen MR) is 81.6 cm³/mol. The largest absolute Gasteiger partial charge is 0.417 e. The number of hydrogen-bond acceptors (Lipinski definition) is 3. The highest BCUT2D eigenvalue weighted by molar-refractivity contribution is 5.81. The van der Waals surface area contributed by atoms with Crippen LogP contribution in [0, 0.1) is 5.92 Å². The van der Waals surface area contributed by atoms with Gasteiger partial charge < -0.3 is 14.4 Å². The average Bonchev–Trinajstić information content (AvgIpc) is 3.40. The molecule has 9 heteroatoms. The van der Waals surface area contributed by atoms with Crippen LogP contribution >= 0.6 is 0 Å². The molecule has 2 amide bonds. The molecule has 1 aliphatic carbocycles. The molecule has 6 nitrogen and oxygen atoms in total. The molecule has 2 aliphatic rings. The fraction of sp³-hybridized carbons (Fsp3) is 0.562. The van der Waals surface area contributed by atoms with Crippen LogP contribution in [0.3, 0.4) is 0 Å². The summed E-state index contributed by atoms with van der Waals surface area (Å²) in [6, 6.07) is 1.51. The zero-order valence-electron chi connectivity index (χ0n) is 13.5. The fourth-order valence-electron chi connectivity index (χ4n) is 2.83. The van der Waals surface area contributed by atoms with Crippen molar-refractivity contribution in [2.75, 3.05) is 26.2 Å². The first-order valence-corrected chi connectivity index (χ1v) is 8.10. The Hall–Kier alpha value is -2.32. The summed E-state index contributed by atoms with van der Waals surface area (Å²) in [5.74, 6) is -0.202. The Balaban J connectivity index is 1.61. The van der Waals surface area contributed by atoms with Gasteiger partial charge in [0.15, 0.2) is 0 Å². The fourth-order valence-corrected chi connectivity index (χ4v) is 2.83. The lowest BCUT2D eigenvalue weighted by Gasteiger charge is -2.35. The molecular weight excluding hydrogens is 339 g/mol. The third-order valence-corrected chi connectivity index (χ3v) is 4.49. The van der Waals surface area contributed by atoms with Crippen LogP contribution < -0.4 is 5.56 Å². The molecule has 1 saturated heterocycles. The third-order valence-electron chi connectivity index (χ3n) is 4.49. The standard InChI is InChI=1S/C16H18F3N3O3/c17-16(18,19)12-3-4-13(23)22(9-12)10-14(24)20-5-7-21(8-6-20)15(25)11-1-2-11/h3-4,9,11H,1-2,5-8,10H2. The molecule has 136 valence electrons. The summed E-state index contributed by atoms with van der Waals surface area (Å²) in [5, 5.41) is 0. The van der Waals surface area contributed by atoms with Gasteiger partial charge in [-0.1, -0.05) is 0 Å². The molecule has 0 radical (unpaired) electrons. The average molecular weight is 357 g/mol. The highest BCUT2D eigenvalue weighted by atomic mass is 19.4. The summed E-state index contributed by atoms with van der Waals surface area (Å²) in [7, 11) is 0. The molecule has 2 fully saturated rings. The van der Waals surface area contributed by atoms with Gasteiger partial charge in [0.1, 0.15) is 6.54 Å². The van der Waals surface area contributed by atoms with Gasteiger partial charge in [-0.3, -0.25) is 14.4 Å². The van der Waals surface area contributed by atoms with Gasteiger partial charge in [-0.25, -0.2) is 0 Å². The Morgan fingerprint density at radius 2 is 1.64 bits per heavy atom. The van der Waals surface area contributed by atoms with Crippen molar-refractivity contribution in [2.24, 2.45) is 5.92 Å². The van der Waals surface area contributed by atoms with E-state index in [9.17, 15) is 27.6 Å². The van der Waals surface area contributed by atoms with Crippen molar-refractivity contribution in [2.45, 2.75) is 25.6 Å². The van der Waals surface area contributed by atoms with Crippen molar-refractivity contribution in [3.05, 3.63) is 34.2 Å². The van der Waals surface area contributed by atoms with Crippen LogP contribution in [0.5, 0.6) is 0 Å². The number of pyridine rings is 1. The smallest absolute Gasteiger partial charge is 0.339 e. The van der Waals surface area contributed by atoms with Crippen molar-refractivity contribution < 1.29 is 22.8 Å². The highest BCUT2D eigenvalue weighted by Gasteiger charge is 2.35. The molecule has 0 aromatic carbocycles. The third kappa shape index (κ3) is 4.02. The number of aromatic nitrogens is 1. The Labute approximate surface area is 141 Å². The van der Waals surface area contributed by atoms with Crippen LogP contribution in [0.2, 0.25) is 0 Å². The van der Waals surface area contributed by atoms with Crippen LogP contribution in [0.25, 0.3) is 0 Å². The summed E-state index contributed by atoms with van der Waals surface area (Å²) < 4.78 is 39.0. The van der Waals surface area contributed by atoms with Crippen molar-refractivity contribution in [3.63, 3.8) is 0 Å². The molecule has 1 aromatic rings. The minimum Gasteiger partial charge on any atom is -0.339 e. The molecule has 0 spiro atoms. The van der Waals surface area contributed by atoms with E-state index in [0.717, 1.165) is 23.5 Å². The van der Waals surface area contributed by atoms with E-state index in [2.05, 4.69) is 0 Å². The van der Waals surface area contributed by atoms with E-state index in [4.69, 9.17) is 0 Å². The number of amides is 2. The van der Waals surface area contributed by atoms with E-state index in [1.165, 1.54) is 4.90 Å². The molecule has 0 bridgehead atoms. The summed E-state index contributed by atoms with van der Waals surface area (Å²) in [5.41, 5.74) is -1.64. The second-order valence-corrected chi connectivity index (χ2v) is 6.36. The maximum atomic E-state index is 12.7. The highest BCUT2D eigenvalue weighted by Crippen LogP contribution is 2.31. The molecule has 0 unspecified atom stereocenters. The second-order valence-electron chi connectivity index (χ2n) is 6.36. The predicted octanol–water partition coefficient (Wildman–Crippen LogP) is 0.948. The molecule has 1 aromatic heterocycles. The van der Waals surface area contributed by atoms with E-state index < -0.39 is 29.8 Å². The number of carbonyl (C=O) groups excluding carboxylic acids is 2. The SMILES string of the molecule is O=C(Cn1cc(C(F)(F)F)ccc1=O)N1CCN(C(=O)C2CC2)CC1.